The molecule has 2 unspecified atom stereocenters. The zero-order chi connectivity index (χ0) is 15.1. The van der Waals surface area contributed by atoms with E-state index in [4.69, 9.17) is 4.74 Å². The average molecular weight is 299 g/mol. The Kier molecular flexibility index (Phi) is 3.28. The molecule has 2 fully saturated rings. The molecule has 2 atom stereocenters. The highest BCUT2D eigenvalue weighted by molar-refractivity contribution is 5.83. The molecule has 3 aliphatic rings. The van der Waals surface area contributed by atoms with Crippen molar-refractivity contribution in [1.29, 1.82) is 0 Å². The van der Waals surface area contributed by atoms with Crippen molar-refractivity contribution in [2.24, 2.45) is 5.92 Å². The number of carbonyl (C=O) groups excluding carboxylic acids is 1. The fourth-order valence-electron chi connectivity index (χ4n) is 2.87. The van der Waals surface area contributed by atoms with E-state index in [1.807, 2.05) is 37.3 Å². The van der Waals surface area contributed by atoms with Gasteiger partial charge < -0.3 is 4.74 Å². The van der Waals surface area contributed by atoms with Gasteiger partial charge >= 0.3 is 6.09 Å². The number of carbonyl (C=O) groups is 1. The molecule has 4 rings (SSSR count). The first-order valence-electron chi connectivity index (χ1n) is 8.13. The minimum atomic E-state index is -0.431. The van der Waals surface area contributed by atoms with Gasteiger partial charge in [-0.2, -0.15) is 5.10 Å². The summed E-state index contributed by atoms with van der Waals surface area (Å²) < 4.78 is 7.58. The van der Waals surface area contributed by atoms with E-state index >= 15 is 0 Å². The average Bonchev–Trinajstić information content (AvgIpc) is 3.40. The van der Waals surface area contributed by atoms with E-state index in [1.54, 1.807) is 0 Å². The van der Waals surface area contributed by atoms with Crippen LogP contribution in [0.15, 0.2) is 30.4 Å². The van der Waals surface area contributed by atoms with E-state index in [-0.39, 0.29) is 12.0 Å². The lowest BCUT2D eigenvalue weighted by Crippen LogP contribution is -2.26. The molecule has 0 aromatic carbocycles. The maximum absolute atomic E-state index is 12.1. The summed E-state index contributed by atoms with van der Waals surface area (Å²) in [4.78, 5) is 12.1. The smallest absolute Gasteiger partial charge is 0.413 e. The molecule has 116 valence electrons. The van der Waals surface area contributed by atoms with Crippen LogP contribution in [0.25, 0.3) is 0 Å². The van der Waals surface area contributed by atoms with Crippen molar-refractivity contribution in [1.82, 2.24) is 9.78 Å². The monoisotopic (exact) mass is 299 g/mol. The molecule has 0 aliphatic heterocycles. The van der Waals surface area contributed by atoms with Crippen LogP contribution in [-0.2, 0) is 4.74 Å². The van der Waals surface area contributed by atoms with Crippen molar-refractivity contribution >= 4 is 11.9 Å². The number of hydrogen-bond donors (Lipinski definition) is 1. The Labute approximate surface area is 130 Å². The van der Waals surface area contributed by atoms with E-state index in [0.717, 1.165) is 0 Å². The molecule has 0 radical (unpaired) electrons. The first-order chi connectivity index (χ1) is 10.7. The van der Waals surface area contributed by atoms with Crippen LogP contribution in [0.4, 0.5) is 10.6 Å². The van der Waals surface area contributed by atoms with Gasteiger partial charge in [0, 0.05) is 23.6 Å². The zero-order valence-corrected chi connectivity index (χ0v) is 12.7. The molecular formula is C17H21N3O2. The molecular weight excluding hydrogens is 278 g/mol. The number of amides is 1. The molecule has 2 saturated carbocycles. The van der Waals surface area contributed by atoms with Crippen LogP contribution in [0.1, 0.15) is 50.3 Å². The Morgan fingerprint density at radius 1 is 1.27 bits per heavy atom. The highest BCUT2D eigenvalue weighted by Crippen LogP contribution is 2.45. The minimum absolute atomic E-state index is 0.196. The Morgan fingerprint density at radius 2 is 2.05 bits per heavy atom. The summed E-state index contributed by atoms with van der Waals surface area (Å²) >= 11 is 0. The van der Waals surface area contributed by atoms with Crippen molar-refractivity contribution in [2.45, 2.75) is 50.7 Å². The highest BCUT2D eigenvalue weighted by Gasteiger charge is 2.34. The molecule has 0 saturated heterocycles. The van der Waals surface area contributed by atoms with Gasteiger partial charge in [-0.15, -0.1) is 0 Å². The first kappa shape index (κ1) is 13.6. The van der Waals surface area contributed by atoms with Gasteiger partial charge in [-0.25, -0.2) is 4.79 Å². The van der Waals surface area contributed by atoms with Gasteiger partial charge in [0.15, 0.2) is 5.82 Å². The number of ether oxygens (including phenoxy) is 1. The topological polar surface area (TPSA) is 56.1 Å². The van der Waals surface area contributed by atoms with Crippen molar-refractivity contribution in [3.05, 3.63) is 36.1 Å². The first-order valence-corrected chi connectivity index (χ1v) is 8.13. The van der Waals surface area contributed by atoms with Gasteiger partial charge in [0.2, 0.25) is 0 Å². The summed E-state index contributed by atoms with van der Waals surface area (Å²) in [5, 5.41) is 7.34. The molecule has 1 amide bonds. The predicted molar refractivity (Wildman–Crippen MR) is 83.8 cm³/mol. The fraction of sp³-hybridized carbons (Fsp3) is 0.529. The van der Waals surface area contributed by atoms with Crippen LogP contribution in [0.2, 0.25) is 0 Å². The Hall–Kier alpha value is -2.04. The number of rotatable bonds is 4. The number of nitrogens with one attached hydrogen (secondary N) is 1. The predicted octanol–water partition coefficient (Wildman–Crippen LogP) is 3.77. The van der Waals surface area contributed by atoms with Gasteiger partial charge in [0.1, 0.15) is 6.10 Å². The van der Waals surface area contributed by atoms with Crippen LogP contribution >= 0.6 is 0 Å². The lowest BCUT2D eigenvalue weighted by molar-refractivity contribution is 0.116. The molecule has 5 heteroatoms. The minimum Gasteiger partial charge on any atom is -0.441 e. The van der Waals surface area contributed by atoms with Crippen LogP contribution in [0.3, 0.4) is 0 Å². The summed E-state index contributed by atoms with van der Waals surface area (Å²) in [6.07, 6.45) is 12.0. The summed E-state index contributed by atoms with van der Waals surface area (Å²) in [5.41, 5.74) is 1.27. The van der Waals surface area contributed by atoms with E-state index in [2.05, 4.69) is 15.1 Å². The Bertz CT molecular complexity index is 609. The number of hydrogen-bond acceptors (Lipinski definition) is 3. The molecule has 0 spiro atoms. The van der Waals surface area contributed by atoms with Crippen molar-refractivity contribution < 1.29 is 9.53 Å². The summed E-state index contributed by atoms with van der Waals surface area (Å²) in [5.74, 6) is 1.44. The second-order valence-corrected chi connectivity index (χ2v) is 6.53. The molecule has 0 bridgehead atoms. The van der Waals surface area contributed by atoms with Crippen LogP contribution in [0, 0.1) is 5.92 Å². The molecule has 1 aromatic rings. The van der Waals surface area contributed by atoms with E-state index in [0.29, 0.717) is 17.8 Å². The van der Waals surface area contributed by atoms with Crippen molar-refractivity contribution in [3.63, 3.8) is 0 Å². The molecule has 3 aliphatic carbocycles. The van der Waals surface area contributed by atoms with Gasteiger partial charge in [-0.3, -0.25) is 10.00 Å². The SMILES string of the molecule is CC1C=CC=CC1OC(=O)Nc1cc(C2CC2)n(C2CC2)n1. The molecule has 1 N–H and O–H groups in total. The molecule has 22 heavy (non-hydrogen) atoms. The number of allylic oxidation sites excluding steroid dienone is 2. The normalized spacial score (nSPS) is 27.0. The lowest BCUT2D eigenvalue weighted by Gasteiger charge is -2.20. The van der Waals surface area contributed by atoms with E-state index in [1.165, 1.54) is 31.4 Å². The third-order valence-electron chi connectivity index (χ3n) is 4.47. The second kappa shape index (κ2) is 5.30. The third kappa shape index (κ3) is 2.80. The van der Waals surface area contributed by atoms with Crippen molar-refractivity contribution in [2.75, 3.05) is 5.32 Å². The summed E-state index contributed by atoms with van der Waals surface area (Å²) in [6.45, 7) is 2.03. The van der Waals surface area contributed by atoms with Crippen LogP contribution < -0.4 is 5.32 Å². The second-order valence-electron chi connectivity index (χ2n) is 6.53. The standard InChI is InChI=1S/C17H21N3O2/c1-11-4-2-3-5-15(11)22-17(21)18-16-10-14(12-6-7-12)20(19-16)13-8-9-13/h2-5,10-13,15H,6-9H2,1H3,(H,18,19,21). The molecule has 1 heterocycles. The van der Waals surface area contributed by atoms with E-state index in [9.17, 15) is 4.79 Å². The summed E-state index contributed by atoms with van der Waals surface area (Å²) in [7, 11) is 0. The van der Waals surface area contributed by atoms with Gasteiger partial charge in [0.25, 0.3) is 0 Å². The van der Waals surface area contributed by atoms with E-state index < -0.39 is 6.09 Å². The maximum atomic E-state index is 12.1. The lowest BCUT2D eigenvalue weighted by atomic mass is 10.0. The van der Waals surface area contributed by atoms with Crippen LogP contribution in [0.5, 0.6) is 0 Å². The Balaban J connectivity index is 1.42. The highest BCUT2D eigenvalue weighted by atomic mass is 16.6. The molecule has 1 aromatic heterocycles. The summed E-state index contributed by atoms with van der Waals surface area (Å²) in [6, 6.07) is 2.55. The zero-order valence-electron chi connectivity index (χ0n) is 12.7. The van der Waals surface area contributed by atoms with Gasteiger partial charge in [0.05, 0.1) is 6.04 Å². The fourth-order valence-corrected chi connectivity index (χ4v) is 2.87. The number of anilines is 1. The van der Waals surface area contributed by atoms with Crippen molar-refractivity contribution in [3.8, 4) is 0 Å². The number of nitrogens with zero attached hydrogens (tertiary/aromatic N) is 2. The largest absolute Gasteiger partial charge is 0.441 e. The number of aromatic nitrogens is 2. The quantitative estimate of drug-likeness (QED) is 0.920. The van der Waals surface area contributed by atoms with Gasteiger partial charge in [-0.1, -0.05) is 25.2 Å². The Morgan fingerprint density at radius 3 is 2.73 bits per heavy atom. The maximum Gasteiger partial charge on any atom is 0.413 e. The third-order valence-corrected chi connectivity index (χ3v) is 4.47. The van der Waals surface area contributed by atoms with Crippen LogP contribution in [-0.4, -0.2) is 22.0 Å². The molecule has 5 nitrogen and oxygen atoms in total. The van der Waals surface area contributed by atoms with Gasteiger partial charge in [-0.05, 0) is 31.8 Å².